The Kier molecular flexibility index (Phi) is 7.61. The van der Waals surface area contributed by atoms with Gasteiger partial charge in [-0.05, 0) is 43.2 Å². The number of hydrogen-bond donors (Lipinski definition) is 1. The van der Waals surface area contributed by atoms with Gasteiger partial charge in [-0.1, -0.05) is 19.4 Å². The fourth-order valence-electron chi connectivity index (χ4n) is 5.04. The molecule has 2 fully saturated rings. The number of carbonyl (C=O) groups is 2. The Hall–Kier alpha value is -3.75. The van der Waals surface area contributed by atoms with Crippen LogP contribution in [0.5, 0.6) is 0 Å². The van der Waals surface area contributed by atoms with Crippen molar-refractivity contribution in [2.24, 2.45) is 0 Å². The lowest BCUT2D eigenvalue weighted by Gasteiger charge is -2.41. The number of amides is 2. The first-order valence-corrected chi connectivity index (χ1v) is 14.6. The van der Waals surface area contributed by atoms with E-state index in [9.17, 15) is 56.2 Å². The van der Waals surface area contributed by atoms with Crippen LogP contribution < -0.4 is 10.2 Å². The second-order valence-electron chi connectivity index (χ2n) is 10.4. The summed E-state index contributed by atoms with van der Waals surface area (Å²) >= 11 is 0. The van der Waals surface area contributed by atoms with E-state index >= 15 is 0 Å². The predicted molar refractivity (Wildman–Crippen MR) is 133 cm³/mol. The highest BCUT2D eigenvalue weighted by Gasteiger charge is 2.65. The summed E-state index contributed by atoms with van der Waals surface area (Å²) in [4.78, 5) is 29.3. The number of carbonyl (C=O) groups excluding carboxylic acids is 2. The van der Waals surface area contributed by atoms with Crippen molar-refractivity contribution in [3.05, 3.63) is 54.1 Å². The number of pyridine rings is 1. The normalized spacial score (nSPS) is 22.5. The standard InChI is InChI=1S/C25H23F10N5O2S/c26-16-11-15(12-37-13-16)20(22(41)38-17-5-7-24(27,28)8-6-17)40(23(42)21-25(29,30)9-10-39(21)14-36)18-1-3-19(4-2-18)43(31,32,33,34)35/h1-4,11-13,17,20-21H,5-10H2,(H,38,41). The molecule has 4 rings (SSSR count). The molecule has 236 valence electrons. The van der Waals surface area contributed by atoms with E-state index in [0.717, 1.165) is 6.20 Å². The van der Waals surface area contributed by atoms with Crippen LogP contribution in [0.2, 0.25) is 0 Å². The largest absolute Gasteiger partial charge is 0.351 e. The lowest BCUT2D eigenvalue weighted by atomic mass is 9.91. The maximum Gasteiger partial charge on any atom is 0.310 e. The summed E-state index contributed by atoms with van der Waals surface area (Å²) in [5.41, 5.74) is -1.25. The van der Waals surface area contributed by atoms with Gasteiger partial charge in [0.05, 0.1) is 6.20 Å². The zero-order valence-electron chi connectivity index (χ0n) is 21.8. The van der Waals surface area contributed by atoms with Crippen molar-refractivity contribution in [1.29, 1.82) is 5.26 Å². The summed E-state index contributed by atoms with van der Waals surface area (Å²) in [6.45, 7) is -0.619. The molecule has 0 spiro atoms. The number of halogens is 10. The van der Waals surface area contributed by atoms with Crippen molar-refractivity contribution in [2.75, 3.05) is 11.4 Å². The van der Waals surface area contributed by atoms with Crippen molar-refractivity contribution >= 4 is 27.7 Å². The zero-order chi connectivity index (χ0) is 32.1. The molecule has 1 N–H and O–H groups in total. The molecule has 1 aromatic carbocycles. The van der Waals surface area contributed by atoms with Gasteiger partial charge < -0.3 is 5.32 Å². The van der Waals surface area contributed by atoms with E-state index in [-0.39, 0.29) is 29.9 Å². The van der Waals surface area contributed by atoms with Crippen molar-refractivity contribution in [3.63, 3.8) is 0 Å². The van der Waals surface area contributed by atoms with Crippen LogP contribution in [0.1, 0.15) is 43.7 Å². The molecule has 43 heavy (non-hydrogen) atoms. The Balaban J connectivity index is 1.86. The van der Waals surface area contributed by atoms with Gasteiger partial charge in [-0.2, -0.15) is 5.26 Å². The number of anilines is 1. The molecular weight excluding hydrogens is 624 g/mol. The Morgan fingerprint density at radius 3 is 2.16 bits per heavy atom. The van der Waals surface area contributed by atoms with Crippen molar-refractivity contribution in [3.8, 4) is 6.19 Å². The molecule has 2 heterocycles. The van der Waals surface area contributed by atoms with Gasteiger partial charge in [0.15, 0.2) is 12.2 Å². The van der Waals surface area contributed by atoms with Gasteiger partial charge in [0, 0.05) is 49.3 Å². The van der Waals surface area contributed by atoms with E-state index in [1.54, 1.807) is 0 Å². The number of likely N-dealkylation sites (tertiary alicyclic amines) is 1. The summed E-state index contributed by atoms with van der Waals surface area (Å²) in [6.07, 6.45) is 0.178. The maximum absolute atomic E-state index is 14.9. The van der Waals surface area contributed by atoms with Gasteiger partial charge in [0.25, 0.3) is 11.8 Å². The van der Waals surface area contributed by atoms with Gasteiger partial charge in [-0.25, -0.2) is 22.0 Å². The van der Waals surface area contributed by atoms with E-state index in [2.05, 4.69) is 10.3 Å². The first-order valence-electron chi connectivity index (χ1n) is 12.6. The molecule has 1 saturated heterocycles. The molecule has 1 aromatic heterocycles. The molecule has 7 nitrogen and oxygen atoms in total. The van der Waals surface area contributed by atoms with Gasteiger partial charge in [0.1, 0.15) is 16.8 Å². The van der Waals surface area contributed by atoms with Gasteiger partial charge in [0.2, 0.25) is 11.8 Å². The molecule has 2 unspecified atom stereocenters. The van der Waals surface area contributed by atoms with E-state index in [4.69, 9.17) is 0 Å². The molecule has 2 aliphatic rings. The predicted octanol–water partition coefficient (Wildman–Crippen LogP) is 6.84. The van der Waals surface area contributed by atoms with Crippen LogP contribution in [0.3, 0.4) is 0 Å². The van der Waals surface area contributed by atoms with Gasteiger partial charge in [-0.15, -0.1) is 0 Å². The SMILES string of the molecule is N#CN1CCC(F)(F)C1C(=O)N(c1ccc(S(F)(F)(F)(F)F)cc1)C(C(=O)NC1CCC(F)(F)CC1)c1cncc(F)c1. The fourth-order valence-corrected chi connectivity index (χ4v) is 5.69. The Morgan fingerprint density at radius 2 is 1.63 bits per heavy atom. The van der Waals surface area contributed by atoms with E-state index in [0.29, 0.717) is 29.3 Å². The first-order chi connectivity index (χ1) is 19.6. The quantitative estimate of drug-likeness (QED) is 0.263. The number of nitrogens with zero attached hydrogens (tertiary/aromatic N) is 4. The van der Waals surface area contributed by atoms with Crippen molar-refractivity contribution in [2.45, 2.75) is 67.0 Å². The second-order valence-corrected chi connectivity index (χ2v) is 12.8. The molecular formula is C25H23F10N5O2S. The van der Waals surface area contributed by atoms with Crippen LogP contribution in [-0.2, 0) is 9.59 Å². The number of rotatable bonds is 7. The topological polar surface area (TPSA) is 89.3 Å². The fraction of sp³-hybridized carbons (Fsp3) is 0.440. The van der Waals surface area contributed by atoms with Gasteiger partial charge >= 0.3 is 10.2 Å². The summed E-state index contributed by atoms with van der Waals surface area (Å²) in [5.74, 6) is -10.9. The van der Waals surface area contributed by atoms with Crippen LogP contribution in [-0.4, -0.2) is 52.2 Å². The minimum absolute atomic E-state index is 0.117. The van der Waals surface area contributed by atoms with Crippen molar-refractivity contribution < 1.29 is 51.0 Å². The zero-order valence-corrected chi connectivity index (χ0v) is 22.6. The highest BCUT2D eigenvalue weighted by atomic mass is 32.5. The Labute approximate surface area is 238 Å². The van der Waals surface area contributed by atoms with E-state index < -0.39 is 99.8 Å². The molecule has 1 saturated carbocycles. The minimum Gasteiger partial charge on any atom is -0.351 e. The summed E-state index contributed by atoms with van der Waals surface area (Å²) in [6, 6.07) is -4.57. The number of benzene rings is 1. The molecule has 18 heteroatoms. The lowest BCUT2D eigenvalue weighted by Crippen LogP contribution is -2.55. The molecule has 2 atom stereocenters. The van der Waals surface area contributed by atoms with E-state index in [1.807, 2.05) is 0 Å². The molecule has 1 aliphatic carbocycles. The average molecular weight is 648 g/mol. The molecule has 2 aromatic rings. The maximum atomic E-state index is 14.9. The number of alkyl halides is 4. The lowest BCUT2D eigenvalue weighted by molar-refractivity contribution is -0.135. The van der Waals surface area contributed by atoms with Crippen LogP contribution in [0, 0.1) is 17.3 Å². The summed E-state index contributed by atoms with van der Waals surface area (Å²) < 4.78 is 139. The third-order valence-corrected chi connectivity index (χ3v) is 8.33. The van der Waals surface area contributed by atoms with Gasteiger partial charge in [-0.3, -0.25) is 24.4 Å². The van der Waals surface area contributed by atoms with E-state index in [1.165, 1.54) is 6.19 Å². The monoisotopic (exact) mass is 647 g/mol. The first kappa shape index (κ1) is 32.2. The summed E-state index contributed by atoms with van der Waals surface area (Å²) in [5, 5.41) is 11.8. The number of nitriles is 1. The molecule has 0 bridgehead atoms. The molecule has 2 amide bonds. The third-order valence-electron chi connectivity index (χ3n) is 7.17. The number of nitrogens with one attached hydrogen (secondary N) is 1. The molecule has 0 radical (unpaired) electrons. The third kappa shape index (κ3) is 7.08. The average Bonchev–Trinajstić information content (AvgIpc) is 3.20. The molecule has 1 aliphatic heterocycles. The Morgan fingerprint density at radius 1 is 1.02 bits per heavy atom. The van der Waals surface area contributed by atoms with Crippen LogP contribution >= 0.6 is 10.2 Å². The highest BCUT2D eigenvalue weighted by Crippen LogP contribution is 3.02. The minimum atomic E-state index is -10.2. The number of hydrogen-bond acceptors (Lipinski definition) is 5. The van der Waals surface area contributed by atoms with Crippen LogP contribution in [0.25, 0.3) is 0 Å². The van der Waals surface area contributed by atoms with Crippen LogP contribution in [0.15, 0.2) is 47.6 Å². The Bertz CT molecular complexity index is 1440. The number of aromatic nitrogens is 1. The summed E-state index contributed by atoms with van der Waals surface area (Å²) in [7, 11) is -10.2. The smallest absolute Gasteiger partial charge is 0.310 e. The second kappa shape index (κ2) is 10.2. The highest BCUT2D eigenvalue weighted by molar-refractivity contribution is 8.45. The van der Waals surface area contributed by atoms with Crippen molar-refractivity contribution in [1.82, 2.24) is 15.2 Å². The van der Waals surface area contributed by atoms with Crippen LogP contribution in [0.4, 0.5) is 47.1 Å².